The second-order valence-corrected chi connectivity index (χ2v) is 7.79. The first kappa shape index (κ1) is 20.7. The molecule has 0 bridgehead atoms. The molecule has 0 aliphatic heterocycles. The van der Waals surface area contributed by atoms with Crippen molar-refractivity contribution in [3.63, 3.8) is 0 Å². The zero-order valence-electron chi connectivity index (χ0n) is 17.8. The lowest BCUT2D eigenvalue weighted by Gasteiger charge is -2.13. The average molecular weight is 420 g/mol. The number of fused-ring (bicyclic) bond motifs is 3. The van der Waals surface area contributed by atoms with Crippen molar-refractivity contribution in [3.05, 3.63) is 69.0 Å². The number of aryl methyl sites for hydroxylation is 3. The number of hydrogen-bond acceptors (Lipinski definition) is 5. The van der Waals surface area contributed by atoms with Gasteiger partial charge in [-0.3, -0.25) is 14.9 Å². The molecule has 0 atom stereocenters. The van der Waals surface area contributed by atoms with E-state index in [4.69, 9.17) is 9.15 Å². The van der Waals surface area contributed by atoms with Crippen LogP contribution in [0.5, 0.6) is 5.75 Å². The number of allylic oxidation sites excluding steroid dienone is 1. The van der Waals surface area contributed by atoms with Crippen molar-refractivity contribution >= 4 is 33.8 Å². The topological polar surface area (TPSA) is 94.6 Å². The van der Waals surface area contributed by atoms with Crippen LogP contribution in [0.1, 0.15) is 42.2 Å². The average Bonchev–Trinajstić information content (AvgIpc) is 3.13. The number of rotatable bonds is 5. The van der Waals surface area contributed by atoms with Crippen molar-refractivity contribution in [2.45, 2.75) is 39.5 Å². The Bertz CT molecular complexity index is 1220. The van der Waals surface area contributed by atoms with Crippen LogP contribution in [0.15, 0.2) is 40.8 Å². The number of ether oxygens (including phenoxy) is 1. The van der Waals surface area contributed by atoms with Crippen LogP contribution >= 0.6 is 0 Å². The van der Waals surface area contributed by atoms with Crippen molar-refractivity contribution in [1.29, 1.82) is 0 Å². The second-order valence-electron chi connectivity index (χ2n) is 7.79. The van der Waals surface area contributed by atoms with E-state index in [9.17, 15) is 14.9 Å². The van der Waals surface area contributed by atoms with Gasteiger partial charge in [-0.1, -0.05) is 6.07 Å². The normalized spacial score (nSPS) is 13.7. The molecular formula is C24H24N2O5. The van der Waals surface area contributed by atoms with Crippen molar-refractivity contribution in [3.8, 4) is 5.75 Å². The summed E-state index contributed by atoms with van der Waals surface area (Å²) < 4.78 is 11.8. The van der Waals surface area contributed by atoms with Gasteiger partial charge < -0.3 is 14.5 Å². The van der Waals surface area contributed by atoms with Crippen molar-refractivity contribution in [1.82, 2.24) is 0 Å². The Kier molecular flexibility index (Phi) is 5.50. The van der Waals surface area contributed by atoms with E-state index in [1.807, 2.05) is 19.9 Å². The third-order valence-corrected chi connectivity index (χ3v) is 5.73. The van der Waals surface area contributed by atoms with Crippen LogP contribution in [0.3, 0.4) is 0 Å². The van der Waals surface area contributed by atoms with E-state index in [0.29, 0.717) is 11.4 Å². The summed E-state index contributed by atoms with van der Waals surface area (Å²) in [5, 5.41) is 14.7. The molecule has 160 valence electrons. The molecule has 7 nitrogen and oxygen atoms in total. The molecule has 4 rings (SSSR count). The fraction of sp³-hybridized carbons (Fsp3) is 0.292. The molecule has 1 heterocycles. The predicted molar refractivity (Wildman–Crippen MR) is 120 cm³/mol. The Morgan fingerprint density at radius 3 is 2.77 bits per heavy atom. The summed E-state index contributed by atoms with van der Waals surface area (Å²) in [4.78, 5) is 23.0. The Morgan fingerprint density at radius 2 is 2.03 bits per heavy atom. The number of benzene rings is 2. The highest BCUT2D eigenvalue weighted by molar-refractivity contribution is 6.05. The summed E-state index contributed by atoms with van der Waals surface area (Å²) in [6.07, 6.45) is 5.69. The van der Waals surface area contributed by atoms with Crippen LogP contribution in [0, 0.1) is 17.0 Å². The van der Waals surface area contributed by atoms with Gasteiger partial charge in [0.05, 0.1) is 12.0 Å². The highest BCUT2D eigenvalue weighted by atomic mass is 16.6. The molecule has 7 heteroatoms. The number of hydrogen-bond donors (Lipinski definition) is 1. The lowest BCUT2D eigenvalue weighted by molar-refractivity contribution is -0.384. The van der Waals surface area contributed by atoms with Gasteiger partial charge in [0.2, 0.25) is 5.91 Å². The first-order chi connectivity index (χ1) is 14.9. The number of carbonyl (C=O) groups excluding carboxylic acids is 1. The highest BCUT2D eigenvalue weighted by Crippen LogP contribution is 2.41. The van der Waals surface area contributed by atoms with Crippen LogP contribution < -0.4 is 10.1 Å². The number of nitrogens with zero attached hydrogens (tertiary/aromatic N) is 1. The van der Waals surface area contributed by atoms with Gasteiger partial charge in [0.15, 0.2) is 0 Å². The zero-order valence-corrected chi connectivity index (χ0v) is 17.8. The first-order valence-electron chi connectivity index (χ1n) is 10.2. The molecule has 0 radical (unpaired) electrons. The molecular weight excluding hydrogens is 396 g/mol. The molecule has 0 unspecified atom stereocenters. The number of anilines is 1. The minimum absolute atomic E-state index is 0.0778. The molecule has 0 saturated carbocycles. The Morgan fingerprint density at radius 1 is 1.26 bits per heavy atom. The molecule has 1 aliphatic carbocycles. The molecule has 1 N–H and O–H groups in total. The monoisotopic (exact) mass is 420 g/mol. The molecule has 31 heavy (non-hydrogen) atoms. The van der Waals surface area contributed by atoms with Crippen LogP contribution in [-0.4, -0.2) is 17.9 Å². The third kappa shape index (κ3) is 3.91. The van der Waals surface area contributed by atoms with E-state index in [-0.39, 0.29) is 11.6 Å². The number of methoxy groups -OCH3 is 1. The lowest BCUT2D eigenvalue weighted by Crippen LogP contribution is -2.09. The van der Waals surface area contributed by atoms with Gasteiger partial charge in [0.25, 0.3) is 5.69 Å². The Hall–Kier alpha value is -3.61. The zero-order chi connectivity index (χ0) is 22.1. The molecule has 1 amide bonds. The molecule has 1 aromatic heterocycles. The van der Waals surface area contributed by atoms with Crippen LogP contribution in [-0.2, 0) is 17.6 Å². The second kappa shape index (κ2) is 8.26. The summed E-state index contributed by atoms with van der Waals surface area (Å²) in [6.45, 7) is 3.82. The predicted octanol–water partition coefficient (Wildman–Crippen LogP) is 5.58. The number of nitro benzene ring substituents is 1. The quantitative estimate of drug-likeness (QED) is 0.330. The number of amides is 1. The molecule has 1 aliphatic rings. The van der Waals surface area contributed by atoms with E-state index in [1.165, 1.54) is 29.8 Å². The summed E-state index contributed by atoms with van der Waals surface area (Å²) in [7, 11) is 1.61. The van der Waals surface area contributed by atoms with Gasteiger partial charge in [-0.25, -0.2) is 0 Å². The van der Waals surface area contributed by atoms with E-state index in [2.05, 4.69) is 5.32 Å². The Labute approximate surface area is 179 Å². The molecule has 2 aromatic carbocycles. The van der Waals surface area contributed by atoms with Crippen LogP contribution in [0.2, 0.25) is 0 Å². The largest absolute Gasteiger partial charge is 0.496 e. The molecule has 0 spiro atoms. The summed E-state index contributed by atoms with van der Waals surface area (Å²) in [6, 6.07) is 7.90. The summed E-state index contributed by atoms with van der Waals surface area (Å²) in [5.74, 6) is 1.36. The summed E-state index contributed by atoms with van der Waals surface area (Å²) >= 11 is 0. The fourth-order valence-corrected chi connectivity index (χ4v) is 4.24. The van der Waals surface area contributed by atoms with Gasteiger partial charge in [-0.05, 0) is 50.8 Å². The van der Waals surface area contributed by atoms with Gasteiger partial charge in [0, 0.05) is 52.4 Å². The number of nitrogens with one attached hydrogen (secondary N) is 1. The molecule has 0 saturated heterocycles. The van der Waals surface area contributed by atoms with Crippen molar-refractivity contribution in [2.24, 2.45) is 0 Å². The van der Waals surface area contributed by atoms with Gasteiger partial charge >= 0.3 is 0 Å². The van der Waals surface area contributed by atoms with Crippen LogP contribution in [0.4, 0.5) is 11.4 Å². The molecule has 3 aromatic rings. The maximum atomic E-state index is 12.6. The van der Waals surface area contributed by atoms with Crippen LogP contribution in [0.25, 0.3) is 16.5 Å². The number of non-ortho nitro benzene ring substituents is 1. The maximum absolute atomic E-state index is 12.6. The molecule has 0 fully saturated rings. The number of nitro groups is 1. The first-order valence-corrected chi connectivity index (χ1v) is 10.2. The SMILES string of the molecule is COc1c(/C(C)=C/C(=O)Nc2cccc([N+](=O)[O-])c2)cc2c3c(oc2c1C)CCCC3. The van der Waals surface area contributed by atoms with Crippen molar-refractivity contribution < 1.29 is 18.9 Å². The summed E-state index contributed by atoms with van der Waals surface area (Å²) in [5.41, 5.74) is 4.86. The highest BCUT2D eigenvalue weighted by Gasteiger charge is 2.23. The minimum atomic E-state index is -0.495. The maximum Gasteiger partial charge on any atom is 0.271 e. The standard InChI is InChI=1S/C24H24N2O5/c1-14(11-22(27)25-16-7-6-8-17(12-16)26(28)29)19-13-20-18-9-4-5-10-21(18)31-24(20)15(2)23(19)30-3/h6-8,11-13H,4-5,9-10H2,1-3H3,(H,25,27)/b14-11+. The van der Waals surface area contributed by atoms with E-state index < -0.39 is 4.92 Å². The lowest BCUT2D eigenvalue weighted by atomic mass is 9.93. The number of carbonyl (C=O) groups is 1. The van der Waals surface area contributed by atoms with E-state index >= 15 is 0 Å². The van der Waals surface area contributed by atoms with E-state index in [1.54, 1.807) is 13.2 Å². The van der Waals surface area contributed by atoms with Crippen molar-refractivity contribution in [2.75, 3.05) is 12.4 Å². The number of furan rings is 1. The Balaban J connectivity index is 1.70. The van der Waals surface area contributed by atoms with Gasteiger partial charge in [0.1, 0.15) is 17.1 Å². The minimum Gasteiger partial charge on any atom is -0.496 e. The van der Waals surface area contributed by atoms with E-state index in [0.717, 1.165) is 59.1 Å². The van der Waals surface area contributed by atoms with Gasteiger partial charge in [-0.15, -0.1) is 0 Å². The fourth-order valence-electron chi connectivity index (χ4n) is 4.24. The smallest absolute Gasteiger partial charge is 0.271 e. The van der Waals surface area contributed by atoms with Gasteiger partial charge in [-0.2, -0.15) is 0 Å². The third-order valence-electron chi connectivity index (χ3n) is 5.73.